The Labute approximate surface area is 180 Å². The number of hydrogen-bond acceptors (Lipinski definition) is 5. The molecule has 0 atom stereocenters. The van der Waals surface area contributed by atoms with E-state index < -0.39 is 0 Å². The summed E-state index contributed by atoms with van der Waals surface area (Å²) >= 11 is 1.44. The molecular weight excluding hydrogens is 399 g/mol. The first-order chi connectivity index (χ1) is 14.6. The smallest absolute Gasteiger partial charge is 0.226 e. The summed E-state index contributed by atoms with van der Waals surface area (Å²) in [6.07, 6.45) is 2.20. The molecule has 5 nitrogen and oxygen atoms in total. The van der Waals surface area contributed by atoms with E-state index in [2.05, 4.69) is 44.8 Å². The number of halogens is 1. The van der Waals surface area contributed by atoms with Crippen LogP contribution in [0.1, 0.15) is 24.1 Å². The number of hydrogen-bond donors (Lipinski definition) is 2. The van der Waals surface area contributed by atoms with Crippen LogP contribution in [0, 0.1) is 5.82 Å². The molecule has 0 unspecified atom stereocenters. The molecule has 7 heteroatoms. The van der Waals surface area contributed by atoms with Gasteiger partial charge < -0.3 is 10.6 Å². The van der Waals surface area contributed by atoms with E-state index >= 15 is 0 Å². The standard InChI is InChI=1S/C23H25FN4OS/c24-18-6-8-19(9-7-18)26-23-27-21(16-30-23)14-22(29)25-20-10-12-28(13-11-20)15-17-4-2-1-3-5-17/h1-9,16,20H,10-15H2,(H,25,29)(H,26,27). The van der Waals surface area contributed by atoms with Gasteiger partial charge in [-0.3, -0.25) is 9.69 Å². The Morgan fingerprint density at radius 2 is 1.83 bits per heavy atom. The maximum Gasteiger partial charge on any atom is 0.226 e. The molecule has 2 heterocycles. The number of rotatable bonds is 7. The second-order valence-electron chi connectivity index (χ2n) is 7.56. The molecule has 2 aromatic carbocycles. The largest absolute Gasteiger partial charge is 0.353 e. The molecule has 4 rings (SSSR count). The molecule has 0 bridgehead atoms. The quantitative estimate of drug-likeness (QED) is 0.592. The molecule has 156 valence electrons. The van der Waals surface area contributed by atoms with E-state index in [4.69, 9.17) is 0 Å². The second kappa shape index (κ2) is 9.82. The van der Waals surface area contributed by atoms with Crippen molar-refractivity contribution < 1.29 is 9.18 Å². The van der Waals surface area contributed by atoms with E-state index in [0.29, 0.717) is 5.13 Å². The van der Waals surface area contributed by atoms with Crippen molar-refractivity contribution in [2.75, 3.05) is 18.4 Å². The Kier molecular flexibility index (Phi) is 6.71. The van der Waals surface area contributed by atoms with Gasteiger partial charge >= 0.3 is 0 Å². The molecule has 0 saturated carbocycles. The highest BCUT2D eigenvalue weighted by atomic mass is 32.1. The van der Waals surface area contributed by atoms with Gasteiger partial charge in [0.15, 0.2) is 5.13 Å². The molecule has 0 spiro atoms. The normalized spacial score (nSPS) is 15.1. The van der Waals surface area contributed by atoms with Crippen LogP contribution in [0.15, 0.2) is 60.0 Å². The number of nitrogens with zero attached hydrogens (tertiary/aromatic N) is 2. The molecule has 1 amide bonds. The molecule has 0 radical (unpaired) electrons. The van der Waals surface area contributed by atoms with E-state index in [9.17, 15) is 9.18 Å². The Bertz CT molecular complexity index is 953. The molecule has 2 N–H and O–H groups in total. The van der Waals surface area contributed by atoms with Crippen LogP contribution in [0.4, 0.5) is 15.2 Å². The first kappa shape index (κ1) is 20.5. The van der Waals surface area contributed by atoms with Crippen LogP contribution in [0.25, 0.3) is 0 Å². The lowest BCUT2D eigenvalue weighted by atomic mass is 10.0. The first-order valence-corrected chi connectivity index (χ1v) is 11.0. The topological polar surface area (TPSA) is 57.3 Å². The van der Waals surface area contributed by atoms with E-state index in [1.165, 1.54) is 29.0 Å². The Morgan fingerprint density at radius 3 is 2.57 bits per heavy atom. The maximum atomic E-state index is 13.0. The van der Waals surface area contributed by atoms with Gasteiger partial charge in [0.1, 0.15) is 5.82 Å². The number of carbonyl (C=O) groups is 1. The molecule has 1 aliphatic rings. The Balaban J connectivity index is 1.21. The van der Waals surface area contributed by atoms with Gasteiger partial charge in [-0.25, -0.2) is 9.37 Å². The zero-order valence-corrected chi connectivity index (χ0v) is 17.5. The summed E-state index contributed by atoms with van der Waals surface area (Å²) in [4.78, 5) is 19.3. The summed E-state index contributed by atoms with van der Waals surface area (Å²) in [6, 6.07) is 16.8. The average molecular weight is 425 g/mol. The third-order valence-corrected chi connectivity index (χ3v) is 6.00. The van der Waals surface area contributed by atoms with Crippen molar-refractivity contribution in [1.82, 2.24) is 15.2 Å². The SMILES string of the molecule is O=C(Cc1csc(Nc2ccc(F)cc2)n1)NC1CCN(Cc2ccccc2)CC1. The number of piperidine rings is 1. The fourth-order valence-electron chi connectivity index (χ4n) is 3.62. The zero-order chi connectivity index (χ0) is 20.8. The van der Waals surface area contributed by atoms with Gasteiger partial charge in [0, 0.05) is 36.7 Å². The summed E-state index contributed by atoms with van der Waals surface area (Å²) in [7, 11) is 0. The van der Waals surface area contributed by atoms with Crippen LogP contribution < -0.4 is 10.6 Å². The van der Waals surface area contributed by atoms with Crippen molar-refractivity contribution in [1.29, 1.82) is 0 Å². The highest BCUT2D eigenvalue weighted by molar-refractivity contribution is 7.13. The second-order valence-corrected chi connectivity index (χ2v) is 8.41. The average Bonchev–Trinajstić information content (AvgIpc) is 3.18. The van der Waals surface area contributed by atoms with Gasteiger partial charge in [0.05, 0.1) is 12.1 Å². The number of likely N-dealkylation sites (tertiary alicyclic amines) is 1. The van der Waals surface area contributed by atoms with Gasteiger partial charge in [-0.2, -0.15) is 0 Å². The number of aromatic nitrogens is 1. The van der Waals surface area contributed by atoms with E-state index in [1.54, 1.807) is 12.1 Å². The minimum absolute atomic E-state index is 0.00939. The highest BCUT2D eigenvalue weighted by Crippen LogP contribution is 2.21. The van der Waals surface area contributed by atoms with Gasteiger partial charge in [0.25, 0.3) is 0 Å². The van der Waals surface area contributed by atoms with Crippen LogP contribution in [0.5, 0.6) is 0 Å². The van der Waals surface area contributed by atoms with Crippen molar-refractivity contribution in [2.24, 2.45) is 0 Å². The fraction of sp³-hybridized carbons (Fsp3) is 0.304. The van der Waals surface area contributed by atoms with Crippen LogP contribution in [0.2, 0.25) is 0 Å². The van der Waals surface area contributed by atoms with E-state index in [1.807, 2.05) is 11.4 Å². The number of nitrogens with one attached hydrogen (secondary N) is 2. The van der Waals surface area contributed by atoms with Crippen LogP contribution in [-0.4, -0.2) is 34.9 Å². The van der Waals surface area contributed by atoms with E-state index in [-0.39, 0.29) is 24.2 Å². The third kappa shape index (κ3) is 5.87. The molecule has 1 aliphatic heterocycles. The molecule has 1 aromatic heterocycles. The monoisotopic (exact) mass is 424 g/mol. The van der Waals surface area contributed by atoms with Gasteiger partial charge in [-0.05, 0) is 42.7 Å². The number of carbonyl (C=O) groups excluding carboxylic acids is 1. The number of thiazole rings is 1. The van der Waals surface area contributed by atoms with Gasteiger partial charge in [0.2, 0.25) is 5.91 Å². The molecule has 30 heavy (non-hydrogen) atoms. The number of anilines is 2. The third-order valence-electron chi connectivity index (χ3n) is 5.19. The van der Waals surface area contributed by atoms with Crippen molar-refractivity contribution in [2.45, 2.75) is 31.8 Å². The highest BCUT2D eigenvalue weighted by Gasteiger charge is 2.21. The van der Waals surface area contributed by atoms with Crippen molar-refractivity contribution in [3.8, 4) is 0 Å². The summed E-state index contributed by atoms with van der Waals surface area (Å²) in [5.74, 6) is -0.266. The van der Waals surface area contributed by atoms with Crippen LogP contribution in [-0.2, 0) is 17.8 Å². The zero-order valence-electron chi connectivity index (χ0n) is 16.7. The van der Waals surface area contributed by atoms with Crippen LogP contribution >= 0.6 is 11.3 Å². The molecule has 1 fully saturated rings. The predicted octanol–water partition coefficient (Wildman–Crippen LogP) is 4.35. The van der Waals surface area contributed by atoms with Crippen molar-refractivity contribution in [3.63, 3.8) is 0 Å². The van der Waals surface area contributed by atoms with Gasteiger partial charge in [-0.15, -0.1) is 11.3 Å². The van der Waals surface area contributed by atoms with E-state index in [0.717, 1.165) is 43.9 Å². The molecule has 0 aliphatic carbocycles. The van der Waals surface area contributed by atoms with Crippen molar-refractivity contribution >= 4 is 28.1 Å². The predicted molar refractivity (Wildman–Crippen MR) is 118 cm³/mol. The minimum atomic E-state index is -0.275. The van der Waals surface area contributed by atoms with Gasteiger partial charge in [-0.1, -0.05) is 30.3 Å². The summed E-state index contributed by atoms with van der Waals surface area (Å²) in [5, 5.41) is 8.86. The lowest BCUT2D eigenvalue weighted by Gasteiger charge is -2.32. The molecule has 3 aromatic rings. The lowest BCUT2D eigenvalue weighted by Crippen LogP contribution is -2.44. The minimum Gasteiger partial charge on any atom is -0.353 e. The number of benzene rings is 2. The molecular formula is C23H25FN4OS. The fourth-order valence-corrected chi connectivity index (χ4v) is 4.35. The Hall–Kier alpha value is -2.77. The number of amides is 1. The summed E-state index contributed by atoms with van der Waals surface area (Å²) in [6.45, 7) is 2.94. The Morgan fingerprint density at radius 1 is 1.10 bits per heavy atom. The summed E-state index contributed by atoms with van der Waals surface area (Å²) in [5.41, 5.74) is 2.83. The summed E-state index contributed by atoms with van der Waals surface area (Å²) < 4.78 is 13.0. The van der Waals surface area contributed by atoms with Crippen molar-refractivity contribution in [3.05, 3.63) is 77.1 Å². The van der Waals surface area contributed by atoms with Crippen LogP contribution in [0.3, 0.4) is 0 Å². The molecule has 1 saturated heterocycles. The first-order valence-electron chi connectivity index (χ1n) is 10.2. The lowest BCUT2D eigenvalue weighted by molar-refractivity contribution is -0.121. The maximum absolute atomic E-state index is 13.0.